The minimum Gasteiger partial charge on any atom is -0.353 e. The normalized spacial score (nSPS) is 12.7. The van der Waals surface area contributed by atoms with Gasteiger partial charge in [0.2, 0.25) is 5.91 Å². The molecule has 0 aliphatic heterocycles. The van der Waals surface area contributed by atoms with Crippen LogP contribution in [0.5, 0.6) is 0 Å². The van der Waals surface area contributed by atoms with Crippen LogP contribution in [0.1, 0.15) is 44.0 Å². The van der Waals surface area contributed by atoms with E-state index in [1.165, 1.54) is 0 Å². The van der Waals surface area contributed by atoms with Gasteiger partial charge >= 0.3 is 0 Å². The first-order chi connectivity index (χ1) is 9.92. The average molecular weight is 401 g/mol. The van der Waals surface area contributed by atoms with Gasteiger partial charge in [-0.1, -0.05) is 6.92 Å². The molecular formula is C15H20IN3O2. The van der Waals surface area contributed by atoms with Gasteiger partial charge in [-0.2, -0.15) is 5.10 Å². The second kappa shape index (κ2) is 8.76. The third-order valence-electron chi connectivity index (χ3n) is 2.89. The Kier molecular flexibility index (Phi) is 7.35. The van der Waals surface area contributed by atoms with Crippen LogP contribution in [0.3, 0.4) is 0 Å². The van der Waals surface area contributed by atoms with E-state index in [1.807, 2.05) is 26.0 Å². The molecule has 1 aromatic carbocycles. The van der Waals surface area contributed by atoms with Crippen molar-refractivity contribution in [2.45, 2.75) is 39.7 Å². The molecule has 21 heavy (non-hydrogen) atoms. The zero-order valence-electron chi connectivity index (χ0n) is 12.4. The van der Waals surface area contributed by atoms with Gasteiger partial charge in [-0.25, -0.2) is 5.43 Å². The molecule has 6 heteroatoms. The molecule has 0 heterocycles. The summed E-state index contributed by atoms with van der Waals surface area (Å²) in [6.45, 7) is 5.67. The summed E-state index contributed by atoms with van der Waals surface area (Å²) in [5.74, 6) is -0.373. The molecule has 1 aromatic rings. The molecular weight excluding hydrogens is 381 g/mol. The smallest absolute Gasteiger partial charge is 0.271 e. The number of benzene rings is 1. The lowest BCUT2D eigenvalue weighted by atomic mass is 10.2. The van der Waals surface area contributed by atoms with Crippen molar-refractivity contribution in [2.24, 2.45) is 5.10 Å². The van der Waals surface area contributed by atoms with E-state index in [1.54, 1.807) is 19.1 Å². The molecule has 2 N–H and O–H groups in total. The SMILES string of the molecule is CCC(C)NC(=O)C/C(C)=N/NC(=O)c1ccc(I)cc1. The maximum absolute atomic E-state index is 11.8. The Hall–Kier alpha value is -1.44. The third kappa shape index (κ3) is 6.70. The number of carbonyl (C=O) groups excluding carboxylic acids is 2. The van der Waals surface area contributed by atoms with Gasteiger partial charge in [0, 0.05) is 20.9 Å². The fourth-order valence-electron chi connectivity index (χ4n) is 1.51. The van der Waals surface area contributed by atoms with Gasteiger partial charge in [-0.3, -0.25) is 9.59 Å². The maximum Gasteiger partial charge on any atom is 0.271 e. The summed E-state index contributed by atoms with van der Waals surface area (Å²) in [7, 11) is 0. The Bertz CT molecular complexity index is 526. The second-order valence-corrected chi connectivity index (χ2v) is 6.09. The van der Waals surface area contributed by atoms with Gasteiger partial charge in [-0.15, -0.1) is 0 Å². The first kappa shape index (κ1) is 17.6. The summed E-state index contributed by atoms with van der Waals surface area (Å²) >= 11 is 2.17. The van der Waals surface area contributed by atoms with E-state index in [9.17, 15) is 9.59 Å². The van der Waals surface area contributed by atoms with E-state index in [-0.39, 0.29) is 24.3 Å². The highest BCUT2D eigenvalue weighted by molar-refractivity contribution is 14.1. The summed E-state index contributed by atoms with van der Waals surface area (Å²) in [5.41, 5.74) is 3.56. The van der Waals surface area contributed by atoms with Crippen molar-refractivity contribution >= 4 is 40.1 Å². The van der Waals surface area contributed by atoms with E-state index in [0.29, 0.717) is 11.3 Å². The predicted octanol–water partition coefficient (Wildman–Crippen LogP) is 2.70. The van der Waals surface area contributed by atoms with Crippen LogP contribution in [0.15, 0.2) is 29.4 Å². The minimum atomic E-state index is -0.284. The van der Waals surface area contributed by atoms with Gasteiger partial charge < -0.3 is 5.32 Å². The largest absolute Gasteiger partial charge is 0.353 e. The lowest BCUT2D eigenvalue weighted by Gasteiger charge is -2.10. The Labute approximate surface area is 138 Å². The first-order valence-corrected chi connectivity index (χ1v) is 7.88. The van der Waals surface area contributed by atoms with Crippen molar-refractivity contribution in [1.29, 1.82) is 0 Å². The van der Waals surface area contributed by atoms with Crippen molar-refractivity contribution in [3.05, 3.63) is 33.4 Å². The fourth-order valence-corrected chi connectivity index (χ4v) is 1.87. The molecule has 0 aliphatic carbocycles. The predicted molar refractivity (Wildman–Crippen MR) is 92.2 cm³/mol. The molecule has 5 nitrogen and oxygen atoms in total. The van der Waals surface area contributed by atoms with E-state index < -0.39 is 0 Å². The van der Waals surface area contributed by atoms with E-state index in [4.69, 9.17) is 0 Å². The Morgan fingerprint density at radius 3 is 2.48 bits per heavy atom. The van der Waals surface area contributed by atoms with Crippen molar-refractivity contribution in [3.8, 4) is 0 Å². The Morgan fingerprint density at radius 1 is 1.29 bits per heavy atom. The summed E-state index contributed by atoms with van der Waals surface area (Å²) in [5, 5.41) is 6.80. The fraction of sp³-hybridized carbons (Fsp3) is 0.400. The number of halogens is 1. The number of carbonyl (C=O) groups is 2. The zero-order chi connectivity index (χ0) is 15.8. The van der Waals surface area contributed by atoms with Gasteiger partial charge in [0.15, 0.2) is 0 Å². The number of nitrogens with one attached hydrogen (secondary N) is 2. The average Bonchev–Trinajstić information content (AvgIpc) is 2.45. The van der Waals surface area contributed by atoms with Crippen molar-refractivity contribution < 1.29 is 9.59 Å². The monoisotopic (exact) mass is 401 g/mol. The second-order valence-electron chi connectivity index (χ2n) is 4.85. The van der Waals surface area contributed by atoms with Crippen LogP contribution >= 0.6 is 22.6 Å². The number of amides is 2. The molecule has 0 bridgehead atoms. The van der Waals surface area contributed by atoms with Crippen LogP contribution in [0.2, 0.25) is 0 Å². The molecule has 0 fully saturated rings. The molecule has 0 saturated heterocycles. The van der Waals surface area contributed by atoms with Gasteiger partial charge in [0.05, 0.1) is 6.42 Å². The highest BCUT2D eigenvalue weighted by Crippen LogP contribution is 2.06. The van der Waals surface area contributed by atoms with Crippen LogP contribution in [0.4, 0.5) is 0 Å². The van der Waals surface area contributed by atoms with Crippen LogP contribution in [-0.4, -0.2) is 23.6 Å². The van der Waals surface area contributed by atoms with Crippen LogP contribution in [0.25, 0.3) is 0 Å². The standard InChI is InChI=1S/C15H20IN3O2/c1-4-10(2)17-14(20)9-11(3)18-19-15(21)12-5-7-13(16)8-6-12/h5-8,10H,4,9H2,1-3H3,(H,17,20)(H,19,21)/b18-11+. The molecule has 1 unspecified atom stereocenters. The Morgan fingerprint density at radius 2 is 1.90 bits per heavy atom. The van der Waals surface area contributed by atoms with Crippen molar-refractivity contribution in [2.75, 3.05) is 0 Å². The van der Waals surface area contributed by atoms with Gasteiger partial charge in [-0.05, 0) is 67.1 Å². The van der Waals surface area contributed by atoms with E-state index in [2.05, 4.69) is 38.4 Å². The van der Waals surface area contributed by atoms with E-state index >= 15 is 0 Å². The number of hydrogen-bond donors (Lipinski definition) is 2. The maximum atomic E-state index is 11.8. The quantitative estimate of drug-likeness (QED) is 0.437. The number of hydrazone groups is 1. The van der Waals surface area contributed by atoms with Gasteiger partial charge in [0.1, 0.15) is 0 Å². The van der Waals surface area contributed by atoms with Gasteiger partial charge in [0.25, 0.3) is 5.91 Å². The molecule has 0 aliphatic rings. The molecule has 1 atom stereocenters. The van der Waals surface area contributed by atoms with E-state index in [0.717, 1.165) is 9.99 Å². The van der Waals surface area contributed by atoms with Crippen LogP contribution in [0, 0.1) is 3.57 Å². The lowest BCUT2D eigenvalue weighted by molar-refractivity contribution is -0.120. The first-order valence-electron chi connectivity index (χ1n) is 6.80. The zero-order valence-corrected chi connectivity index (χ0v) is 14.6. The van der Waals surface area contributed by atoms with Crippen LogP contribution < -0.4 is 10.7 Å². The molecule has 114 valence electrons. The number of rotatable bonds is 6. The molecule has 0 radical (unpaired) electrons. The number of hydrogen-bond acceptors (Lipinski definition) is 3. The van der Waals surface area contributed by atoms with Crippen molar-refractivity contribution in [3.63, 3.8) is 0 Å². The molecule has 0 aromatic heterocycles. The third-order valence-corrected chi connectivity index (χ3v) is 3.61. The number of nitrogens with zero attached hydrogens (tertiary/aromatic N) is 1. The molecule has 0 saturated carbocycles. The summed E-state index contributed by atoms with van der Waals surface area (Å²) in [6.07, 6.45) is 1.06. The summed E-state index contributed by atoms with van der Waals surface area (Å²) in [4.78, 5) is 23.5. The lowest BCUT2D eigenvalue weighted by Crippen LogP contribution is -2.33. The highest BCUT2D eigenvalue weighted by Gasteiger charge is 2.08. The van der Waals surface area contributed by atoms with Crippen molar-refractivity contribution in [1.82, 2.24) is 10.7 Å². The summed E-state index contributed by atoms with van der Waals surface area (Å²) < 4.78 is 1.06. The topological polar surface area (TPSA) is 70.6 Å². The minimum absolute atomic E-state index is 0.0888. The molecule has 1 rings (SSSR count). The molecule has 2 amide bonds. The molecule has 0 spiro atoms. The highest BCUT2D eigenvalue weighted by atomic mass is 127. The summed E-state index contributed by atoms with van der Waals surface area (Å²) in [6, 6.07) is 7.32. The Balaban J connectivity index is 2.49. The van der Waals surface area contributed by atoms with Crippen LogP contribution in [-0.2, 0) is 4.79 Å².